The number of cyclic esters (lactones) is 1. The van der Waals surface area contributed by atoms with E-state index in [4.69, 9.17) is 34.8 Å². The lowest BCUT2D eigenvalue weighted by Gasteiger charge is -2.49. The quantitative estimate of drug-likeness (QED) is 0.265. The van der Waals surface area contributed by atoms with Crippen LogP contribution in [0.4, 0.5) is 0 Å². The van der Waals surface area contributed by atoms with E-state index in [0.717, 1.165) is 0 Å². The third-order valence-corrected chi connectivity index (χ3v) is 11.3. The number of hydrogen-bond donors (Lipinski definition) is 2. The smallest absolute Gasteiger partial charge is 0.312 e. The molecule has 0 radical (unpaired) electrons. The number of terminal acetylenes is 1. The van der Waals surface area contributed by atoms with Crippen LogP contribution in [0.3, 0.4) is 0 Å². The fraction of sp³-hybridized carbons (Fsp3) is 0.750. The molecule has 0 bridgehead atoms. The highest BCUT2D eigenvalue weighted by molar-refractivity contribution is 5.83. The summed E-state index contributed by atoms with van der Waals surface area (Å²) in [7, 11) is 4.98. The van der Waals surface area contributed by atoms with Gasteiger partial charge < -0.3 is 38.6 Å². The molecule has 53 heavy (non-hydrogen) atoms. The summed E-state index contributed by atoms with van der Waals surface area (Å²) in [5.41, 5.74) is -2.58. The predicted octanol–water partition coefficient (Wildman–Crippen LogP) is 3.36. The molecule has 0 amide bonds. The molecule has 1 aromatic rings. The number of ether oxygens (including phenoxy) is 6. The first-order chi connectivity index (χ1) is 24.9. The molecule has 0 aromatic carbocycles. The van der Waals surface area contributed by atoms with Crippen molar-refractivity contribution in [2.24, 2.45) is 23.7 Å². The zero-order chi connectivity index (χ0) is 39.8. The van der Waals surface area contributed by atoms with Crippen molar-refractivity contribution in [1.29, 1.82) is 0 Å². The molecule has 1 aromatic heterocycles. The number of aliphatic hydroxyl groups excluding tert-OH is 1. The van der Waals surface area contributed by atoms with Crippen LogP contribution in [0, 0.1) is 36.0 Å². The number of aliphatic hydroxyl groups is 2. The van der Waals surface area contributed by atoms with Gasteiger partial charge in [-0.3, -0.25) is 24.3 Å². The van der Waals surface area contributed by atoms with Gasteiger partial charge in [0.15, 0.2) is 6.29 Å². The van der Waals surface area contributed by atoms with Gasteiger partial charge in [-0.05, 0) is 71.7 Å². The number of esters is 2. The number of carbonyl (C=O) groups excluding carboxylic acids is 3. The Kier molecular flexibility index (Phi) is 16.0. The standard InChI is InChI=1S/C40H62N2O11/c1-13-19-42(10)29-20-24(4)50-38(34(29)48-11)53-36-26(6)33(52-31(43)21-28-15-17-41-18-16-28)27(7)37(46)51-30(14-2)40(9,47)35(45)25(5)32(44)23(3)22-39(36,8)49-12/h1,15-18,23-27,29-30,33-36,38,45,47H,14,19-22H2,2-12H3/t23-,24+,25-,26+,27-,29-,30-,33+,34+,35-,36-,38?,39-,40-/m1/s1. The molecule has 298 valence electrons. The summed E-state index contributed by atoms with van der Waals surface area (Å²) in [6.45, 7) is 13.8. The van der Waals surface area contributed by atoms with Crippen LogP contribution in [-0.2, 0) is 49.2 Å². The Morgan fingerprint density at radius 3 is 2.30 bits per heavy atom. The molecule has 3 rings (SSSR count). The SMILES string of the molecule is C#CCN(C)[C@@H]1C[C@H](C)OC(O[C@@H]2[C@@H](C)[C@H](OC(=O)Cc3ccncc3)[C@@H](C)C(=O)O[C@H](CC)[C@@](C)(O)[C@H](O)[C@H](C)C(=O)[C@H](C)C[C@@]2(C)OC)[C@H]1OC. The van der Waals surface area contributed by atoms with E-state index in [-0.39, 0.29) is 37.2 Å². The third-order valence-electron chi connectivity index (χ3n) is 11.3. The number of nitrogens with zero attached hydrogens (tertiary/aromatic N) is 2. The highest BCUT2D eigenvalue weighted by Crippen LogP contribution is 2.40. The van der Waals surface area contributed by atoms with E-state index in [2.05, 4.69) is 10.9 Å². The third kappa shape index (κ3) is 10.4. The highest BCUT2D eigenvalue weighted by atomic mass is 16.7. The maximum atomic E-state index is 14.1. The van der Waals surface area contributed by atoms with Crippen LogP contribution in [0.5, 0.6) is 0 Å². The average molecular weight is 747 g/mol. The monoisotopic (exact) mass is 746 g/mol. The van der Waals surface area contributed by atoms with Gasteiger partial charge in [0.05, 0.1) is 42.8 Å². The fourth-order valence-electron chi connectivity index (χ4n) is 8.08. The van der Waals surface area contributed by atoms with Crippen LogP contribution in [0.2, 0.25) is 0 Å². The molecular formula is C40H62N2O11. The molecule has 2 saturated heterocycles. The van der Waals surface area contributed by atoms with Crippen molar-refractivity contribution in [2.45, 2.75) is 141 Å². The van der Waals surface area contributed by atoms with Crippen molar-refractivity contribution in [3.63, 3.8) is 0 Å². The maximum absolute atomic E-state index is 14.1. The first-order valence-electron chi connectivity index (χ1n) is 18.6. The van der Waals surface area contributed by atoms with Crippen LogP contribution < -0.4 is 0 Å². The molecule has 2 aliphatic heterocycles. The minimum absolute atomic E-state index is 0.0965. The molecule has 3 heterocycles. The van der Waals surface area contributed by atoms with Gasteiger partial charge in [0, 0.05) is 50.4 Å². The van der Waals surface area contributed by atoms with E-state index in [9.17, 15) is 24.6 Å². The number of ketones is 1. The molecule has 2 aliphatic rings. The zero-order valence-electron chi connectivity index (χ0n) is 33.3. The van der Waals surface area contributed by atoms with Crippen LogP contribution in [0.1, 0.15) is 80.2 Å². The van der Waals surface area contributed by atoms with E-state index in [1.807, 2.05) is 18.9 Å². The lowest BCUT2D eigenvalue weighted by Crippen LogP contribution is -2.61. The summed E-state index contributed by atoms with van der Waals surface area (Å²) < 4.78 is 37.7. The Labute approximate surface area is 315 Å². The molecule has 0 saturated carbocycles. The summed E-state index contributed by atoms with van der Waals surface area (Å²) in [5, 5.41) is 23.0. The minimum Gasteiger partial charge on any atom is -0.461 e. The van der Waals surface area contributed by atoms with Crippen molar-refractivity contribution < 1.29 is 53.0 Å². The van der Waals surface area contributed by atoms with Crippen molar-refractivity contribution in [1.82, 2.24) is 9.88 Å². The van der Waals surface area contributed by atoms with Crippen LogP contribution >= 0.6 is 0 Å². The summed E-state index contributed by atoms with van der Waals surface area (Å²) in [4.78, 5) is 47.7. The van der Waals surface area contributed by atoms with Gasteiger partial charge in [0.2, 0.25) is 0 Å². The number of pyridine rings is 1. The van der Waals surface area contributed by atoms with E-state index in [0.29, 0.717) is 18.5 Å². The van der Waals surface area contributed by atoms with Gasteiger partial charge >= 0.3 is 11.9 Å². The van der Waals surface area contributed by atoms with Gasteiger partial charge in [-0.2, -0.15) is 0 Å². The van der Waals surface area contributed by atoms with Gasteiger partial charge in [-0.25, -0.2) is 0 Å². The van der Waals surface area contributed by atoms with Gasteiger partial charge in [0.25, 0.3) is 0 Å². The number of carbonyl (C=O) groups is 3. The molecule has 2 N–H and O–H groups in total. The number of aromatic nitrogens is 1. The lowest BCUT2D eigenvalue weighted by molar-refractivity contribution is -0.305. The zero-order valence-corrected chi connectivity index (χ0v) is 33.3. The first kappa shape index (κ1) is 44.4. The van der Waals surface area contributed by atoms with Crippen molar-refractivity contribution >= 4 is 17.7 Å². The van der Waals surface area contributed by atoms with Crippen molar-refractivity contribution in [2.75, 3.05) is 27.8 Å². The summed E-state index contributed by atoms with van der Waals surface area (Å²) in [6.07, 6.45) is 2.86. The molecule has 0 spiro atoms. The van der Waals surface area contributed by atoms with Crippen LogP contribution in [0.15, 0.2) is 24.5 Å². The highest BCUT2D eigenvalue weighted by Gasteiger charge is 2.53. The lowest BCUT2D eigenvalue weighted by atomic mass is 9.74. The second kappa shape index (κ2) is 19.1. The normalized spacial score (nSPS) is 39.1. The minimum atomic E-state index is -1.98. The van der Waals surface area contributed by atoms with Crippen LogP contribution in [0.25, 0.3) is 0 Å². The number of Topliss-reactive ketones (excluding diaryl/α,β-unsaturated/α-hetero) is 1. The van der Waals surface area contributed by atoms with Gasteiger partial charge in [-0.15, -0.1) is 6.42 Å². The van der Waals surface area contributed by atoms with Crippen LogP contribution in [-0.4, -0.2) is 126 Å². The molecular weight excluding hydrogens is 684 g/mol. The topological polar surface area (TPSA) is 163 Å². The maximum Gasteiger partial charge on any atom is 0.312 e. The Hall–Kier alpha value is -2.96. The fourth-order valence-corrected chi connectivity index (χ4v) is 8.08. The number of rotatable bonds is 10. The summed E-state index contributed by atoms with van der Waals surface area (Å²) in [6, 6.07) is 3.21. The second-order valence-electron chi connectivity index (χ2n) is 15.4. The number of hydrogen-bond acceptors (Lipinski definition) is 13. The van der Waals surface area contributed by atoms with Crippen molar-refractivity contribution in [3.05, 3.63) is 30.1 Å². The Morgan fingerprint density at radius 1 is 1.09 bits per heavy atom. The van der Waals surface area contributed by atoms with E-state index in [1.165, 1.54) is 14.0 Å². The van der Waals surface area contributed by atoms with Gasteiger partial charge in [-0.1, -0.05) is 33.6 Å². The predicted molar refractivity (Wildman–Crippen MR) is 196 cm³/mol. The number of methoxy groups -OCH3 is 2. The average Bonchev–Trinajstić information content (AvgIpc) is 3.12. The van der Waals surface area contributed by atoms with E-state index in [1.54, 1.807) is 73.2 Å². The molecule has 2 fully saturated rings. The first-order valence-corrected chi connectivity index (χ1v) is 18.6. The largest absolute Gasteiger partial charge is 0.461 e. The second-order valence-corrected chi connectivity index (χ2v) is 15.4. The Bertz CT molecular complexity index is 1400. The molecule has 13 nitrogen and oxygen atoms in total. The molecule has 0 aliphatic carbocycles. The van der Waals surface area contributed by atoms with E-state index >= 15 is 0 Å². The summed E-state index contributed by atoms with van der Waals surface area (Å²) >= 11 is 0. The van der Waals surface area contributed by atoms with Gasteiger partial charge in [0.1, 0.15) is 29.7 Å². The molecule has 1 unspecified atom stereocenters. The molecule has 13 heteroatoms. The molecule has 14 atom stereocenters. The number of likely N-dealkylation sites (N-methyl/N-ethyl adjacent to an activating group) is 1. The Balaban J connectivity index is 2.21. The van der Waals surface area contributed by atoms with E-state index < -0.39 is 83.6 Å². The van der Waals surface area contributed by atoms with Crippen molar-refractivity contribution in [3.8, 4) is 12.3 Å². The Morgan fingerprint density at radius 2 is 1.74 bits per heavy atom. The summed E-state index contributed by atoms with van der Waals surface area (Å²) in [5.74, 6) is -2.61.